The molecule has 3 aliphatic rings. The molecule has 1 aromatic rings. The normalized spacial score (nSPS) is 34.3. The summed E-state index contributed by atoms with van der Waals surface area (Å²) in [5.74, 6) is -0.744. The van der Waals surface area contributed by atoms with E-state index in [0.29, 0.717) is 6.54 Å². The Hall–Kier alpha value is -1.40. The maximum atomic E-state index is 12.8. The molecule has 0 radical (unpaired) electrons. The summed E-state index contributed by atoms with van der Waals surface area (Å²) in [7, 11) is 0. The van der Waals surface area contributed by atoms with E-state index in [4.69, 9.17) is 9.47 Å². The van der Waals surface area contributed by atoms with Crippen molar-refractivity contribution in [1.29, 1.82) is 0 Å². The van der Waals surface area contributed by atoms with E-state index in [-0.39, 0.29) is 24.4 Å². The zero-order valence-corrected chi connectivity index (χ0v) is 15.1. The van der Waals surface area contributed by atoms with Crippen LogP contribution in [-0.4, -0.2) is 35.2 Å². The van der Waals surface area contributed by atoms with Gasteiger partial charge in [-0.3, -0.25) is 9.59 Å². The number of esters is 1. The molecule has 3 saturated heterocycles. The molecule has 3 aliphatic heterocycles. The highest BCUT2D eigenvalue weighted by molar-refractivity contribution is 9.10. The fourth-order valence-corrected chi connectivity index (χ4v) is 4.62. The van der Waals surface area contributed by atoms with Gasteiger partial charge in [-0.1, -0.05) is 35.0 Å². The highest BCUT2D eigenvalue weighted by Gasteiger charge is 2.69. The van der Waals surface area contributed by atoms with Crippen LogP contribution < -0.4 is 0 Å². The van der Waals surface area contributed by atoms with E-state index in [9.17, 15) is 9.59 Å². The molecular weight excluding hydrogens is 374 g/mol. The Bertz CT molecular complexity index is 676. The van der Waals surface area contributed by atoms with Crippen LogP contribution in [0, 0.1) is 11.8 Å². The SMILES string of the molecule is C[C@@H]1[C@H]2O[C@@]3(CCCCN3C2=O)[C@H]1C(=O)OCc1ccc(Br)cc1. The summed E-state index contributed by atoms with van der Waals surface area (Å²) in [4.78, 5) is 27.0. The molecule has 0 unspecified atom stereocenters. The zero-order valence-electron chi connectivity index (χ0n) is 13.5. The lowest BCUT2D eigenvalue weighted by atomic mass is 9.76. The van der Waals surface area contributed by atoms with Crippen LogP contribution in [0.15, 0.2) is 28.7 Å². The number of halogens is 1. The maximum absolute atomic E-state index is 12.8. The molecule has 0 aromatic heterocycles. The Labute approximate surface area is 149 Å². The first-order valence-electron chi connectivity index (χ1n) is 8.43. The summed E-state index contributed by atoms with van der Waals surface area (Å²) in [6.45, 7) is 2.84. The molecule has 4 atom stereocenters. The van der Waals surface area contributed by atoms with E-state index < -0.39 is 17.7 Å². The molecular formula is C18H20BrNO4. The monoisotopic (exact) mass is 393 g/mol. The molecule has 3 heterocycles. The zero-order chi connectivity index (χ0) is 16.9. The smallest absolute Gasteiger partial charge is 0.314 e. The second kappa shape index (κ2) is 5.85. The van der Waals surface area contributed by atoms with Gasteiger partial charge in [0.15, 0.2) is 5.72 Å². The van der Waals surface area contributed by atoms with Crippen molar-refractivity contribution >= 4 is 27.8 Å². The topological polar surface area (TPSA) is 55.8 Å². The number of carbonyl (C=O) groups is 2. The van der Waals surface area contributed by atoms with Crippen LogP contribution in [0.3, 0.4) is 0 Å². The first-order chi connectivity index (χ1) is 11.5. The van der Waals surface area contributed by atoms with E-state index >= 15 is 0 Å². The molecule has 0 aliphatic carbocycles. The van der Waals surface area contributed by atoms with Crippen LogP contribution in [0.4, 0.5) is 0 Å². The number of piperidine rings is 2. The predicted molar refractivity (Wildman–Crippen MR) is 89.8 cm³/mol. The van der Waals surface area contributed by atoms with Crippen LogP contribution in [0.2, 0.25) is 0 Å². The maximum Gasteiger partial charge on any atom is 0.314 e. The standard InChI is InChI=1S/C18H20BrNO4/c1-11-14(17(22)23-10-12-4-6-13(19)7-5-12)18-8-2-3-9-20(18)16(21)15(11)24-18/h4-7,11,14-15H,2-3,8-10H2,1H3/t11-,14+,15+,18-/m0/s1. The lowest BCUT2D eigenvalue weighted by molar-refractivity contribution is -0.175. The molecule has 1 spiro atoms. The number of carbonyl (C=O) groups excluding carboxylic acids is 2. The third kappa shape index (κ3) is 2.30. The number of ether oxygens (including phenoxy) is 2. The van der Waals surface area contributed by atoms with Crippen LogP contribution >= 0.6 is 15.9 Å². The average Bonchev–Trinajstić information content (AvgIpc) is 3.03. The average molecular weight is 394 g/mol. The lowest BCUT2D eigenvalue weighted by Gasteiger charge is -2.45. The van der Waals surface area contributed by atoms with Gasteiger partial charge in [-0.25, -0.2) is 0 Å². The predicted octanol–water partition coefficient (Wildman–Crippen LogP) is 2.87. The van der Waals surface area contributed by atoms with E-state index in [1.165, 1.54) is 0 Å². The molecule has 3 fully saturated rings. The minimum absolute atomic E-state index is 0.0409. The van der Waals surface area contributed by atoms with Gasteiger partial charge in [0.05, 0.1) is 0 Å². The summed E-state index contributed by atoms with van der Waals surface area (Å²) < 4.78 is 12.6. The fourth-order valence-electron chi connectivity index (χ4n) is 4.35. The number of amides is 1. The van der Waals surface area contributed by atoms with E-state index in [0.717, 1.165) is 29.3 Å². The van der Waals surface area contributed by atoms with Crippen LogP contribution in [0.5, 0.6) is 0 Å². The van der Waals surface area contributed by atoms with Gasteiger partial charge in [-0.05, 0) is 37.0 Å². The van der Waals surface area contributed by atoms with Crippen LogP contribution in [0.1, 0.15) is 31.7 Å². The Morgan fingerprint density at radius 3 is 2.88 bits per heavy atom. The quantitative estimate of drug-likeness (QED) is 0.740. The van der Waals surface area contributed by atoms with Crippen molar-refractivity contribution in [2.45, 2.75) is 44.6 Å². The molecule has 6 heteroatoms. The molecule has 4 rings (SSSR count). The van der Waals surface area contributed by atoms with Crippen molar-refractivity contribution in [3.8, 4) is 0 Å². The summed E-state index contributed by atoms with van der Waals surface area (Å²) in [5, 5.41) is 0. The van der Waals surface area contributed by atoms with Crippen LogP contribution in [0.25, 0.3) is 0 Å². The largest absolute Gasteiger partial charge is 0.460 e. The Morgan fingerprint density at radius 1 is 1.38 bits per heavy atom. The van der Waals surface area contributed by atoms with E-state index in [1.807, 2.05) is 31.2 Å². The van der Waals surface area contributed by atoms with Gasteiger partial charge >= 0.3 is 5.97 Å². The summed E-state index contributed by atoms with van der Waals surface area (Å²) >= 11 is 3.39. The highest BCUT2D eigenvalue weighted by atomic mass is 79.9. The third-order valence-corrected chi connectivity index (χ3v) is 6.03. The number of hydrogen-bond donors (Lipinski definition) is 0. The number of benzene rings is 1. The van der Waals surface area contributed by atoms with Gasteiger partial charge in [-0.2, -0.15) is 0 Å². The second-order valence-corrected chi connectivity index (χ2v) is 7.82. The highest BCUT2D eigenvalue weighted by Crippen LogP contribution is 2.53. The molecule has 0 saturated carbocycles. The Morgan fingerprint density at radius 2 is 2.12 bits per heavy atom. The first-order valence-corrected chi connectivity index (χ1v) is 9.22. The second-order valence-electron chi connectivity index (χ2n) is 6.90. The minimum Gasteiger partial charge on any atom is -0.460 e. The Kier molecular flexibility index (Phi) is 3.92. The molecule has 24 heavy (non-hydrogen) atoms. The minimum atomic E-state index is -0.768. The number of hydrogen-bond acceptors (Lipinski definition) is 4. The molecule has 0 N–H and O–H groups in total. The lowest BCUT2D eigenvalue weighted by Crippen LogP contribution is -2.60. The van der Waals surface area contributed by atoms with Crippen LogP contribution in [-0.2, 0) is 25.7 Å². The number of nitrogens with zero attached hydrogens (tertiary/aromatic N) is 1. The van der Waals surface area contributed by atoms with Gasteiger partial charge in [-0.15, -0.1) is 0 Å². The van der Waals surface area contributed by atoms with Gasteiger partial charge < -0.3 is 14.4 Å². The van der Waals surface area contributed by atoms with Crippen molar-refractivity contribution in [3.63, 3.8) is 0 Å². The summed E-state index contributed by atoms with van der Waals surface area (Å²) in [6, 6.07) is 7.69. The summed E-state index contributed by atoms with van der Waals surface area (Å²) in [5.41, 5.74) is 0.174. The molecule has 1 amide bonds. The molecule has 128 valence electrons. The number of fused-ring (bicyclic) bond motifs is 1. The van der Waals surface area contributed by atoms with Gasteiger partial charge in [0.1, 0.15) is 18.6 Å². The van der Waals surface area contributed by atoms with E-state index in [1.54, 1.807) is 4.90 Å². The fraction of sp³-hybridized carbons (Fsp3) is 0.556. The van der Waals surface area contributed by atoms with Crippen molar-refractivity contribution in [1.82, 2.24) is 4.90 Å². The first kappa shape index (κ1) is 16.1. The number of rotatable bonds is 3. The molecule has 1 aromatic carbocycles. The van der Waals surface area contributed by atoms with Crippen molar-refractivity contribution in [3.05, 3.63) is 34.3 Å². The molecule has 5 nitrogen and oxygen atoms in total. The van der Waals surface area contributed by atoms with Gasteiger partial charge in [0.25, 0.3) is 5.91 Å². The van der Waals surface area contributed by atoms with Crippen molar-refractivity contribution < 1.29 is 19.1 Å². The Balaban J connectivity index is 1.51. The van der Waals surface area contributed by atoms with Crippen molar-refractivity contribution in [2.24, 2.45) is 11.8 Å². The summed E-state index contributed by atoms with van der Waals surface area (Å²) in [6.07, 6.45) is 2.17. The van der Waals surface area contributed by atoms with Gasteiger partial charge in [0, 0.05) is 16.9 Å². The molecule has 2 bridgehead atoms. The van der Waals surface area contributed by atoms with Crippen molar-refractivity contribution in [2.75, 3.05) is 6.54 Å². The third-order valence-electron chi connectivity index (χ3n) is 5.50. The van der Waals surface area contributed by atoms with Gasteiger partial charge in [0.2, 0.25) is 0 Å². The van der Waals surface area contributed by atoms with E-state index in [2.05, 4.69) is 15.9 Å².